The Kier molecular flexibility index (Phi) is 3.79. The Morgan fingerprint density at radius 1 is 1.47 bits per heavy atom. The maximum Gasteiger partial charge on any atom is 0.263 e. The van der Waals surface area contributed by atoms with E-state index in [9.17, 15) is 12.8 Å². The SMILES string of the molecule is Cc1cc(S(=O)(=O)Nc2ncc(Br)s2)cc(N)c1F. The summed E-state index contributed by atoms with van der Waals surface area (Å²) in [7, 11) is -3.83. The van der Waals surface area contributed by atoms with Crippen molar-refractivity contribution in [3.63, 3.8) is 0 Å². The van der Waals surface area contributed by atoms with Gasteiger partial charge in [0, 0.05) is 0 Å². The third-order valence-corrected chi connectivity index (χ3v) is 5.10. The van der Waals surface area contributed by atoms with Crippen LogP contribution in [0.3, 0.4) is 0 Å². The first-order valence-electron chi connectivity index (χ1n) is 4.99. The van der Waals surface area contributed by atoms with E-state index >= 15 is 0 Å². The van der Waals surface area contributed by atoms with E-state index in [0.29, 0.717) is 3.79 Å². The summed E-state index contributed by atoms with van der Waals surface area (Å²) in [5.74, 6) is -0.615. The molecule has 0 saturated heterocycles. The van der Waals surface area contributed by atoms with Crippen LogP contribution in [-0.2, 0) is 10.0 Å². The Hall–Kier alpha value is -1.19. The number of hydrogen-bond acceptors (Lipinski definition) is 5. The molecule has 0 radical (unpaired) electrons. The summed E-state index contributed by atoms with van der Waals surface area (Å²) >= 11 is 4.31. The molecule has 5 nitrogen and oxygen atoms in total. The molecule has 0 saturated carbocycles. The molecule has 0 aliphatic heterocycles. The standard InChI is InChI=1S/C10H9BrFN3O2S2/c1-5-2-6(3-7(13)9(5)12)19(16,17)15-10-14-4-8(11)18-10/h2-4H,13H2,1H3,(H,14,15). The van der Waals surface area contributed by atoms with Gasteiger partial charge in [-0.05, 0) is 40.5 Å². The minimum absolute atomic E-state index is 0.102. The van der Waals surface area contributed by atoms with Crippen molar-refractivity contribution in [2.45, 2.75) is 11.8 Å². The molecule has 19 heavy (non-hydrogen) atoms. The molecule has 1 aromatic heterocycles. The molecule has 102 valence electrons. The lowest BCUT2D eigenvalue weighted by atomic mass is 10.2. The molecule has 0 unspecified atom stereocenters. The molecule has 0 atom stereocenters. The normalized spacial score (nSPS) is 11.5. The summed E-state index contributed by atoms with van der Waals surface area (Å²) in [6, 6.07) is 2.30. The lowest BCUT2D eigenvalue weighted by molar-refractivity contribution is 0.599. The Bertz CT molecular complexity index is 707. The first-order valence-corrected chi connectivity index (χ1v) is 8.08. The second-order valence-electron chi connectivity index (χ2n) is 3.72. The number of sulfonamides is 1. The van der Waals surface area contributed by atoms with E-state index in [-0.39, 0.29) is 21.3 Å². The van der Waals surface area contributed by atoms with Crippen LogP contribution in [0.25, 0.3) is 0 Å². The fourth-order valence-electron chi connectivity index (χ4n) is 1.39. The quantitative estimate of drug-likeness (QED) is 0.818. The van der Waals surface area contributed by atoms with Gasteiger partial charge in [-0.2, -0.15) is 0 Å². The lowest BCUT2D eigenvalue weighted by Gasteiger charge is -2.08. The number of rotatable bonds is 3. The summed E-state index contributed by atoms with van der Waals surface area (Å²) in [5.41, 5.74) is 5.39. The zero-order valence-electron chi connectivity index (χ0n) is 9.65. The predicted octanol–water partition coefficient (Wildman–Crippen LogP) is 2.74. The first kappa shape index (κ1) is 14.2. The highest BCUT2D eigenvalue weighted by molar-refractivity contribution is 9.11. The Morgan fingerprint density at radius 2 is 2.16 bits per heavy atom. The van der Waals surface area contributed by atoms with Crippen LogP contribution in [0.5, 0.6) is 0 Å². The topological polar surface area (TPSA) is 85.1 Å². The third kappa shape index (κ3) is 3.04. The molecule has 2 rings (SSSR count). The number of halogens is 2. The maximum atomic E-state index is 13.4. The van der Waals surface area contributed by atoms with Crippen molar-refractivity contribution in [1.29, 1.82) is 0 Å². The average molecular weight is 366 g/mol. The van der Waals surface area contributed by atoms with Gasteiger partial charge in [0.05, 0.1) is 20.6 Å². The summed E-state index contributed by atoms with van der Waals surface area (Å²) in [5, 5.41) is 0.215. The van der Waals surface area contributed by atoms with E-state index in [4.69, 9.17) is 5.73 Å². The van der Waals surface area contributed by atoms with Gasteiger partial charge in [0.25, 0.3) is 10.0 Å². The molecule has 0 aliphatic rings. The van der Waals surface area contributed by atoms with Gasteiger partial charge >= 0.3 is 0 Å². The number of nitrogens with two attached hydrogens (primary N) is 1. The van der Waals surface area contributed by atoms with Gasteiger partial charge in [-0.15, -0.1) is 0 Å². The van der Waals surface area contributed by atoms with E-state index in [2.05, 4.69) is 25.6 Å². The number of nitrogens with zero attached hydrogens (tertiary/aromatic N) is 1. The highest BCUT2D eigenvalue weighted by atomic mass is 79.9. The molecular weight excluding hydrogens is 357 g/mol. The van der Waals surface area contributed by atoms with Crippen molar-refractivity contribution in [2.75, 3.05) is 10.5 Å². The van der Waals surface area contributed by atoms with Crippen molar-refractivity contribution >= 4 is 48.1 Å². The second kappa shape index (κ2) is 5.06. The number of aromatic nitrogens is 1. The molecule has 0 aliphatic carbocycles. The van der Waals surface area contributed by atoms with Crippen LogP contribution in [-0.4, -0.2) is 13.4 Å². The van der Waals surface area contributed by atoms with Gasteiger partial charge in [0.2, 0.25) is 0 Å². The van der Waals surface area contributed by atoms with Gasteiger partial charge in [-0.3, -0.25) is 4.72 Å². The van der Waals surface area contributed by atoms with E-state index in [1.54, 1.807) is 0 Å². The number of anilines is 2. The van der Waals surface area contributed by atoms with E-state index in [1.807, 2.05) is 0 Å². The monoisotopic (exact) mass is 365 g/mol. The van der Waals surface area contributed by atoms with Crippen LogP contribution in [0, 0.1) is 12.7 Å². The van der Waals surface area contributed by atoms with Crippen molar-refractivity contribution in [2.24, 2.45) is 0 Å². The van der Waals surface area contributed by atoms with Crippen LogP contribution < -0.4 is 10.5 Å². The van der Waals surface area contributed by atoms with Crippen LogP contribution in [0.15, 0.2) is 27.0 Å². The predicted molar refractivity (Wildman–Crippen MR) is 76.2 cm³/mol. The minimum atomic E-state index is -3.83. The lowest BCUT2D eigenvalue weighted by Crippen LogP contribution is -2.13. The molecule has 3 N–H and O–H groups in total. The first-order chi connectivity index (χ1) is 8.79. The number of hydrogen-bond donors (Lipinski definition) is 2. The van der Waals surface area contributed by atoms with Gasteiger partial charge in [0.1, 0.15) is 5.82 Å². The molecule has 0 amide bonds. The minimum Gasteiger partial charge on any atom is -0.396 e. The molecule has 1 aromatic carbocycles. The molecule has 0 bridgehead atoms. The van der Waals surface area contributed by atoms with Crippen molar-refractivity contribution in [1.82, 2.24) is 4.98 Å². The molecule has 2 aromatic rings. The highest BCUT2D eigenvalue weighted by Crippen LogP contribution is 2.27. The fraction of sp³-hybridized carbons (Fsp3) is 0.100. The van der Waals surface area contributed by atoms with Crippen molar-refractivity contribution < 1.29 is 12.8 Å². The summed E-state index contributed by atoms with van der Waals surface area (Å²) < 4.78 is 40.5. The van der Waals surface area contributed by atoms with E-state index in [1.165, 1.54) is 19.2 Å². The second-order valence-corrected chi connectivity index (χ2v) is 7.81. The summed E-state index contributed by atoms with van der Waals surface area (Å²) in [4.78, 5) is 3.76. The highest BCUT2D eigenvalue weighted by Gasteiger charge is 2.18. The van der Waals surface area contributed by atoms with Crippen molar-refractivity contribution in [3.8, 4) is 0 Å². The number of benzene rings is 1. The van der Waals surface area contributed by atoms with Gasteiger partial charge in [-0.25, -0.2) is 17.8 Å². The maximum absolute atomic E-state index is 13.4. The van der Waals surface area contributed by atoms with Gasteiger partial charge in [-0.1, -0.05) is 11.3 Å². The molecule has 1 heterocycles. The molecule has 9 heteroatoms. The van der Waals surface area contributed by atoms with Crippen LogP contribution >= 0.6 is 27.3 Å². The zero-order valence-corrected chi connectivity index (χ0v) is 12.9. The third-order valence-electron chi connectivity index (χ3n) is 2.27. The molecular formula is C10H9BrFN3O2S2. The fourth-order valence-corrected chi connectivity index (χ4v) is 3.86. The van der Waals surface area contributed by atoms with Crippen LogP contribution in [0.2, 0.25) is 0 Å². The van der Waals surface area contributed by atoms with Gasteiger partial charge < -0.3 is 5.73 Å². The number of thiazole rings is 1. The smallest absolute Gasteiger partial charge is 0.263 e. The molecule has 0 fully saturated rings. The summed E-state index contributed by atoms with van der Waals surface area (Å²) in [6.45, 7) is 1.45. The largest absolute Gasteiger partial charge is 0.396 e. The molecule has 0 spiro atoms. The number of nitrogens with one attached hydrogen (secondary N) is 1. The number of aryl methyl sites for hydroxylation is 1. The Labute approximate surface area is 121 Å². The van der Waals surface area contributed by atoms with Gasteiger partial charge in [0.15, 0.2) is 5.13 Å². The van der Waals surface area contributed by atoms with Crippen LogP contribution in [0.1, 0.15) is 5.56 Å². The van der Waals surface area contributed by atoms with E-state index < -0.39 is 15.8 Å². The number of nitrogen functional groups attached to an aromatic ring is 1. The van der Waals surface area contributed by atoms with Crippen molar-refractivity contribution in [3.05, 3.63) is 33.5 Å². The van der Waals surface area contributed by atoms with E-state index in [0.717, 1.165) is 17.4 Å². The van der Waals surface area contributed by atoms with Crippen LogP contribution in [0.4, 0.5) is 15.2 Å². The average Bonchev–Trinajstić information content (AvgIpc) is 2.70. The summed E-state index contributed by atoms with van der Waals surface area (Å²) in [6.07, 6.45) is 1.48. The Morgan fingerprint density at radius 3 is 2.68 bits per heavy atom. The Balaban J connectivity index is 2.40. The zero-order chi connectivity index (χ0) is 14.2.